The molecule has 0 atom stereocenters. The molecule has 1 aromatic carbocycles. The van der Waals surface area contributed by atoms with E-state index < -0.39 is 0 Å². The molecule has 0 bridgehead atoms. The lowest BCUT2D eigenvalue weighted by atomic mass is 9.79. The van der Waals surface area contributed by atoms with Crippen molar-refractivity contribution in [1.82, 2.24) is 15.1 Å². The molecule has 1 saturated heterocycles. The van der Waals surface area contributed by atoms with E-state index in [1.165, 1.54) is 32.1 Å². The van der Waals surface area contributed by atoms with Crippen molar-refractivity contribution < 1.29 is 9.53 Å². The molecule has 0 radical (unpaired) electrons. The highest BCUT2D eigenvalue weighted by molar-refractivity contribution is 5.85. The Labute approximate surface area is 169 Å². The predicted molar refractivity (Wildman–Crippen MR) is 112 cm³/mol. The van der Waals surface area contributed by atoms with Gasteiger partial charge in [0.1, 0.15) is 5.75 Å². The fourth-order valence-corrected chi connectivity index (χ4v) is 4.26. The van der Waals surface area contributed by atoms with Gasteiger partial charge in [0.15, 0.2) is 6.61 Å². The molecular weight excluding hydrogens is 362 g/mol. The number of nitrogens with one attached hydrogen (secondary N) is 1. The van der Waals surface area contributed by atoms with Crippen LogP contribution in [0.25, 0.3) is 0 Å². The molecule has 0 aromatic heterocycles. The maximum Gasteiger partial charge on any atom is 0.258 e. The summed E-state index contributed by atoms with van der Waals surface area (Å²) in [5.74, 6) is 0.733. The minimum atomic E-state index is -0.0226. The van der Waals surface area contributed by atoms with Gasteiger partial charge in [0.25, 0.3) is 5.91 Å². The fourth-order valence-electron chi connectivity index (χ4n) is 4.26. The Balaban J connectivity index is 0.00000261. The summed E-state index contributed by atoms with van der Waals surface area (Å²) < 4.78 is 5.65. The van der Waals surface area contributed by atoms with Crippen molar-refractivity contribution in [3.63, 3.8) is 0 Å². The molecule has 1 aliphatic heterocycles. The molecule has 152 valence electrons. The van der Waals surface area contributed by atoms with Gasteiger partial charge >= 0.3 is 0 Å². The van der Waals surface area contributed by atoms with Crippen LogP contribution in [0.3, 0.4) is 0 Å². The minimum Gasteiger partial charge on any atom is -0.484 e. The zero-order valence-electron chi connectivity index (χ0n) is 16.7. The van der Waals surface area contributed by atoms with Crippen molar-refractivity contribution in [3.05, 3.63) is 29.8 Å². The van der Waals surface area contributed by atoms with Crippen LogP contribution in [0.15, 0.2) is 24.3 Å². The summed E-state index contributed by atoms with van der Waals surface area (Å²) in [6, 6.07) is 7.83. The molecule has 1 amide bonds. The maximum atomic E-state index is 12.4. The Kier molecular flexibility index (Phi) is 8.39. The Hall–Kier alpha value is -1.30. The number of amides is 1. The monoisotopic (exact) mass is 395 g/mol. The molecular formula is C21H34ClN3O2. The van der Waals surface area contributed by atoms with Gasteiger partial charge in [-0.1, -0.05) is 31.4 Å². The van der Waals surface area contributed by atoms with E-state index in [9.17, 15) is 4.79 Å². The number of aryl methyl sites for hydroxylation is 1. The molecule has 1 aliphatic carbocycles. The van der Waals surface area contributed by atoms with Crippen molar-refractivity contribution in [2.75, 3.05) is 46.4 Å². The number of hydrogen-bond acceptors (Lipinski definition) is 4. The first kappa shape index (κ1) is 22.0. The number of rotatable bonds is 6. The highest BCUT2D eigenvalue weighted by Gasteiger charge is 2.39. The third-order valence-corrected chi connectivity index (χ3v) is 5.93. The predicted octanol–water partition coefficient (Wildman–Crippen LogP) is 2.86. The Bertz CT molecular complexity index is 597. The third kappa shape index (κ3) is 6.09. The average Bonchev–Trinajstić information content (AvgIpc) is 2.66. The van der Waals surface area contributed by atoms with Crippen molar-refractivity contribution in [2.45, 2.75) is 44.6 Å². The molecule has 1 aromatic rings. The number of carbonyl (C=O) groups is 1. The smallest absolute Gasteiger partial charge is 0.258 e. The van der Waals surface area contributed by atoms with Crippen molar-refractivity contribution in [1.29, 1.82) is 0 Å². The second-order valence-corrected chi connectivity index (χ2v) is 7.96. The molecule has 2 aliphatic rings. The first-order valence-electron chi connectivity index (χ1n) is 9.97. The van der Waals surface area contributed by atoms with E-state index in [1.807, 2.05) is 31.2 Å². The van der Waals surface area contributed by atoms with Gasteiger partial charge < -0.3 is 15.0 Å². The molecule has 0 unspecified atom stereocenters. The number of ether oxygens (including phenoxy) is 1. The second kappa shape index (κ2) is 10.3. The van der Waals surface area contributed by atoms with Crippen LogP contribution in [-0.4, -0.2) is 67.6 Å². The summed E-state index contributed by atoms with van der Waals surface area (Å²) in [7, 11) is 2.19. The number of halogens is 1. The lowest BCUT2D eigenvalue weighted by molar-refractivity contribution is -0.124. The highest BCUT2D eigenvalue weighted by Crippen LogP contribution is 2.34. The van der Waals surface area contributed by atoms with E-state index in [4.69, 9.17) is 4.74 Å². The zero-order valence-corrected chi connectivity index (χ0v) is 17.5. The van der Waals surface area contributed by atoms with E-state index in [0.29, 0.717) is 0 Å². The van der Waals surface area contributed by atoms with Gasteiger partial charge in [-0.25, -0.2) is 0 Å². The molecule has 27 heavy (non-hydrogen) atoms. The summed E-state index contributed by atoms with van der Waals surface area (Å²) in [5, 5.41) is 3.17. The molecule has 3 rings (SSSR count). The molecule has 1 N–H and O–H groups in total. The molecule has 5 nitrogen and oxygen atoms in total. The number of piperazine rings is 1. The van der Waals surface area contributed by atoms with Crippen LogP contribution in [0.1, 0.15) is 37.7 Å². The zero-order chi connectivity index (χ0) is 18.4. The van der Waals surface area contributed by atoms with E-state index in [0.717, 1.165) is 44.0 Å². The normalized spacial score (nSPS) is 20.5. The van der Waals surface area contributed by atoms with Crippen LogP contribution in [-0.2, 0) is 4.79 Å². The van der Waals surface area contributed by atoms with E-state index in [1.54, 1.807) is 0 Å². The first-order chi connectivity index (χ1) is 12.6. The van der Waals surface area contributed by atoms with E-state index in [-0.39, 0.29) is 30.5 Å². The summed E-state index contributed by atoms with van der Waals surface area (Å²) in [4.78, 5) is 17.4. The Morgan fingerprint density at radius 1 is 1.15 bits per heavy atom. The first-order valence-corrected chi connectivity index (χ1v) is 9.97. The van der Waals surface area contributed by atoms with E-state index in [2.05, 4.69) is 22.2 Å². The largest absolute Gasteiger partial charge is 0.484 e. The third-order valence-electron chi connectivity index (χ3n) is 5.93. The van der Waals surface area contributed by atoms with Crippen molar-refractivity contribution >= 4 is 18.3 Å². The lowest BCUT2D eigenvalue weighted by Crippen LogP contribution is -2.61. The number of likely N-dealkylation sites (N-methyl/N-ethyl adjacent to an activating group) is 1. The summed E-state index contributed by atoms with van der Waals surface area (Å²) in [5.41, 5.74) is 1.28. The number of hydrogen-bond donors (Lipinski definition) is 1. The van der Waals surface area contributed by atoms with Crippen LogP contribution in [0, 0.1) is 6.92 Å². The molecule has 0 spiro atoms. The van der Waals surface area contributed by atoms with Crippen LogP contribution in [0.2, 0.25) is 0 Å². The topological polar surface area (TPSA) is 44.8 Å². The van der Waals surface area contributed by atoms with Gasteiger partial charge in [0, 0.05) is 38.3 Å². The van der Waals surface area contributed by atoms with Crippen molar-refractivity contribution in [2.24, 2.45) is 0 Å². The van der Waals surface area contributed by atoms with Crippen LogP contribution in [0.4, 0.5) is 0 Å². The minimum absolute atomic E-state index is 0. The quantitative estimate of drug-likeness (QED) is 0.804. The fraction of sp³-hybridized carbons (Fsp3) is 0.667. The summed E-state index contributed by atoms with van der Waals surface area (Å²) in [6.07, 6.45) is 6.23. The van der Waals surface area contributed by atoms with Crippen LogP contribution >= 0.6 is 12.4 Å². The van der Waals surface area contributed by atoms with Crippen LogP contribution < -0.4 is 10.1 Å². The summed E-state index contributed by atoms with van der Waals surface area (Å²) >= 11 is 0. The SMILES string of the molecule is Cc1cccc(OCC(=O)NCC2(N3CCN(C)CC3)CCCCC2)c1.Cl. The second-order valence-electron chi connectivity index (χ2n) is 7.96. The standard InChI is InChI=1S/C21H33N3O2.ClH/c1-18-7-6-8-19(15-18)26-16-20(25)22-17-21(9-4-3-5-10-21)24-13-11-23(2)12-14-24;/h6-8,15H,3-5,9-14,16-17H2,1-2H3,(H,22,25);1H. The van der Waals surface area contributed by atoms with Crippen LogP contribution in [0.5, 0.6) is 5.75 Å². The number of benzene rings is 1. The molecule has 6 heteroatoms. The van der Waals surface area contributed by atoms with Gasteiger partial charge in [0.2, 0.25) is 0 Å². The summed E-state index contributed by atoms with van der Waals surface area (Å²) in [6.45, 7) is 7.29. The lowest BCUT2D eigenvalue weighted by Gasteiger charge is -2.49. The molecule has 2 fully saturated rings. The highest BCUT2D eigenvalue weighted by atomic mass is 35.5. The molecule has 1 saturated carbocycles. The van der Waals surface area contributed by atoms with Gasteiger partial charge in [-0.05, 0) is 44.5 Å². The van der Waals surface area contributed by atoms with Gasteiger partial charge in [-0.15, -0.1) is 12.4 Å². The molecule has 1 heterocycles. The Morgan fingerprint density at radius 3 is 2.52 bits per heavy atom. The van der Waals surface area contributed by atoms with Gasteiger partial charge in [-0.3, -0.25) is 9.69 Å². The van der Waals surface area contributed by atoms with E-state index >= 15 is 0 Å². The Morgan fingerprint density at radius 2 is 1.85 bits per heavy atom. The number of nitrogens with zero attached hydrogens (tertiary/aromatic N) is 2. The number of carbonyl (C=O) groups excluding carboxylic acids is 1. The van der Waals surface area contributed by atoms with Gasteiger partial charge in [0.05, 0.1) is 0 Å². The van der Waals surface area contributed by atoms with Gasteiger partial charge in [-0.2, -0.15) is 0 Å². The van der Waals surface area contributed by atoms with Crippen molar-refractivity contribution in [3.8, 4) is 5.75 Å². The average molecular weight is 396 g/mol. The maximum absolute atomic E-state index is 12.4.